The van der Waals surface area contributed by atoms with E-state index in [1.807, 2.05) is 39.0 Å². The number of nitrogens with one attached hydrogen (secondary N) is 1. The molecule has 7 N–H and O–H groups in total. The summed E-state index contributed by atoms with van der Waals surface area (Å²) >= 11 is 1.08. The number of aliphatic hydroxyl groups is 4. The molecule has 9 nitrogen and oxygen atoms in total. The van der Waals surface area contributed by atoms with Crippen molar-refractivity contribution in [2.24, 2.45) is 5.73 Å². The fraction of sp³-hybridized carbons (Fsp3) is 0.591. The summed E-state index contributed by atoms with van der Waals surface area (Å²) in [6.07, 6.45) is -3.45. The number of hydrogen-bond acceptors (Lipinski definition) is 9. The zero-order valence-corrected chi connectivity index (χ0v) is 19.4. The molecule has 0 spiro atoms. The van der Waals surface area contributed by atoms with Crippen LogP contribution in [0.1, 0.15) is 42.1 Å². The first-order chi connectivity index (χ1) is 15.3. The molecular formula is C22H33N3O6S. The van der Waals surface area contributed by atoms with Crippen molar-refractivity contribution in [1.82, 2.24) is 10.2 Å². The summed E-state index contributed by atoms with van der Waals surface area (Å²) in [4.78, 5) is 0. The van der Waals surface area contributed by atoms with Crippen LogP contribution in [0.3, 0.4) is 0 Å². The molecule has 0 saturated carbocycles. The number of aliphatic hydroxyl groups excluding tert-OH is 4. The number of aryl methyl sites for hydroxylation is 1. The van der Waals surface area contributed by atoms with Gasteiger partial charge in [-0.25, -0.2) is 0 Å². The van der Waals surface area contributed by atoms with Gasteiger partial charge in [0.15, 0.2) is 5.44 Å². The van der Waals surface area contributed by atoms with E-state index >= 15 is 0 Å². The number of thioether (sulfide) groups is 1. The first-order valence-electron chi connectivity index (χ1n) is 10.7. The Balaban J connectivity index is 1.85. The predicted molar refractivity (Wildman–Crippen MR) is 122 cm³/mol. The molecular weight excluding hydrogens is 434 g/mol. The van der Waals surface area contributed by atoms with Crippen LogP contribution in [0.5, 0.6) is 11.6 Å². The normalized spacial score (nSPS) is 25.8. The summed E-state index contributed by atoms with van der Waals surface area (Å²) in [5, 5.41) is 46.8. The number of hydrogen-bond donors (Lipinski definition) is 6. The highest BCUT2D eigenvalue weighted by Crippen LogP contribution is 2.36. The van der Waals surface area contributed by atoms with Crippen molar-refractivity contribution in [3.8, 4) is 11.6 Å². The second-order valence-corrected chi connectivity index (χ2v) is 9.64. The minimum absolute atomic E-state index is 0.156. The standard InChI is InChI=1S/C22H33N3O6S/c1-11(2)17-15(9-13-4-5-14(8-12(13)3)30-7-6-23)21(25-24-17)31-22-20(29)19(28)18(27)16(10-26)32-22/h4-5,8,11,16,18-20,22,26-29H,6-7,9-10,23H2,1-3H3,(H,24,25)/t16-,18-,19+,20-,22-/m1/s1. The van der Waals surface area contributed by atoms with Gasteiger partial charge in [-0.05, 0) is 36.1 Å². The monoisotopic (exact) mass is 467 g/mol. The van der Waals surface area contributed by atoms with Gasteiger partial charge in [0.2, 0.25) is 5.88 Å². The Morgan fingerprint density at radius 2 is 1.94 bits per heavy atom. The average Bonchev–Trinajstić information content (AvgIpc) is 3.16. The molecule has 1 fully saturated rings. The van der Waals surface area contributed by atoms with Crippen LogP contribution in [0.4, 0.5) is 0 Å². The van der Waals surface area contributed by atoms with Gasteiger partial charge in [0.1, 0.15) is 24.6 Å². The van der Waals surface area contributed by atoms with Crippen LogP contribution in [-0.4, -0.2) is 79.4 Å². The number of aromatic nitrogens is 2. The third-order valence-corrected chi connectivity index (χ3v) is 7.00. The molecule has 1 aromatic carbocycles. The first kappa shape index (κ1) is 24.8. The number of nitrogens with zero attached hydrogens (tertiary/aromatic N) is 1. The van der Waals surface area contributed by atoms with Gasteiger partial charge < -0.3 is 35.6 Å². The number of rotatable bonds is 9. The number of H-pyrrole nitrogens is 1. The molecule has 0 unspecified atom stereocenters. The van der Waals surface area contributed by atoms with Crippen molar-refractivity contribution in [2.75, 3.05) is 19.8 Å². The number of benzene rings is 1. The molecule has 0 bridgehead atoms. The zero-order valence-electron chi connectivity index (χ0n) is 18.6. The number of nitrogens with two attached hydrogens (primary N) is 1. The molecule has 0 aliphatic carbocycles. The molecule has 10 heteroatoms. The Labute approximate surface area is 191 Å². The summed E-state index contributed by atoms with van der Waals surface area (Å²) in [7, 11) is 0. The maximum Gasteiger partial charge on any atom is 0.237 e. The van der Waals surface area contributed by atoms with Gasteiger partial charge in [-0.2, -0.15) is 0 Å². The summed E-state index contributed by atoms with van der Waals surface area (Å²) < 4.78 is 11.6. The second-order valence-electron chi connectivity index (χ2n) is 8.29. The van der Waals surface area contributed by atoms with E-state index < -0.39 is 29.0 Å². The minimum atomic E-state index is -1.42. The molecule has 2 heterocycles. The van der Waals surface area contributed by atoms with Crippen molar-refractivity contribution in [3.05, 3.63) is 40.6 Å². The molecule has 178 valence electrons. The van der Waals surface area contributed by atoms with E-state index in [2.05, 4.69) is 10.2 Å². The van der Waals surface area contributed by atoms with Crippen molar-refractivity contribution < 1.29 is 29.9 Å². The molecule has 1 aliphatic heterocycles. The summed E-state index contributed by atoms with van der Waals surface area (Å²) in [5.41, 5.74) is 8.50. The predicted octanol–water partition coefficient (Wildman–Crippen LogP) is 0.665. The van der Waals surface area contributed by atoms with Gasteiger partial charge in [0, 0.05) is 24.2 Å². The largest absolute Gasteiger partial charge is 0.492 e. The lowest BCUT2D eigenvalue weighted by molar-refractivity contribution is -0.0915. The molecule has 3 rings (SSSR count). The van der Waals surface area contributed by atoms with Crippen LogP contribution in [0, 0.1) is 6.92 Å². The van der Waals surface area contributed by atoms with Crippen molar-refractivity contribution in [1.29, 1.82) is 0 Å². The van der Waals surface area contributed by atoms with E-state index in [-0.39, 0.29) is 12.5 Å². The van der Waals surface area contributed by atoms with Gasteiger partial charge in [-0.15, -0.1) is 16.9 Å². The van der Waals surface area contributed by atoms with Crippen LogP contribution >= 0.6 is 11.8 Å². The van der Waals surface area contributed by atoms with Gasteiger partial charge in [0.05, 0.1) is 18.0 Å². The summed E-state index contributed by atoms with van der Waals surface area (Å²) in [6, 6.07) is 5.86. The molecule has 32 heavy (non-hydrogen) atoms. The molecule has 5 atom stereocenters. The van der Waals surface area contributed by atoms with Crippen molar-refractivity contribution in [2.45, 2.75) is 62.1 Å². The Kier molecular flexibility index (Phi) is 8.43. The minimum Gasteiger partial charge on any atom is -0.492 e. The zero-order chi connectivity index (χ0) is 23.4. The summed E-state index contributed by atoms with van der Waals surface area (Å²) in [5.74, 6) is 1.24. The maximum atomic E-state index is 10.4. The SMILES string of the molecule is Cc1cc(OCCN)ccc1Cc1c(O[C@@H]2S[C@H](CO)[C@@H](O)[C@H](O)[C@H]2O)n[nH]c1C(C)C. The second kappa shape index (κ2) is 10.9. The van der Waals surface area contributed by atoms with Crippen molar-refractivity contribution >= 4 is 11.8 Å². The van der Waals surface area contributed by atoms with E-state index in [1.165, 1.54) is 0 Å². The molecule has 1 aromatic heterocycles. The lowest BCUT2D eigenvalue weighted by Crippen LogP contribution is -2.55. The summed E-state index contributed by atoms with van der Waals surface area (Å²) in [6.45, 7) is 6.64. The molecule has 0 radical (unpaired) electrons. The number of ether oxygens (including phenoxy) is 2. The van der Waals surface area contributed by atoms with Crippen LogP contribution in [-0.2, 0) is 6.42 Å². The topological polar surface area (TPSA) is 154 Å². The van der Waals surface area contributed by atoms with E-state index in [1.54, 1.807) is 0 Å². The molecule has 0 amide bonds. The van der Waals surface area contributed by atoms with Crippen LogP contribution < -0.4 is 15.2 Å². The van der Waals surface area contributed by atoms with Crippen molar-refractivity contribution in [3.63, 3.8) is 0 Å². The number of aromatic amines is 1. The van der Waals surface area contributed by atoms with Crippen LogP contribution in [0.25, 0.3) is 0 Å². The van der Waals surface area contributed by atoms with Gasteiger partial charge in [-0.1, -0.05) is 19.9 Å². The Morgan fingerprint density at radius 1 is 1.19 bits per heavy atom. The van der Waals surface area contributed by atoms with Crippen LogP contribution in [0.15, 0.2) is 18.2 Å². The highest BCUT2D eigenvalue weighted by Gasteiger charge is 2.44. The third-order valence-electron chi connectivity index (χ3n) is 5.58. The Morgan fingerprint density at radius 3 is 2.56 bits per heavy atom. The average molecular weight is 468 g/mol. The maximum absolute atomic E-state index is 10.4. The Hall–Kier alpha value is -1.82. The van der Waals surface area contributed by atoms with E-state index in [4.69, 9.17) is 15.2 Å². The van der Waals surface area contributed by atoms with E-state index in [9.17, 15) is 20.4 Å². The van der Waals surface area contributed by atoms with E-state index in [0.717, 1.165) is 39.9 Å². The highest BCUT2D eigenvalue weighted by molar-refractivity contribution is 8.00. The first-order valence-corrected chi connectivity index (χ1v) is 11.7. The molecule has 2 aromatic rings. The van der Waals surface area contributed by atoms with Gasteiger partial charge >= 0.3 is 0 Å². The molecule has 1 saturated heterocycles. The van der Waals surface area contributed by atoms with Gasteiger partial charge in [0.25, 0.3) is 0 Å². The van der Waals surface area contributed by atoms with Crippen LogP contribution in [0.2, 0.25) is 0 Å². The molecule has 1 aliphatic rings. The third kappa shape index (κ3) is 5.38. The lowest BCUT2D eigenvalue weighted by Gasteiger charge is -2.38. The van der Waals surface area contributed by atoms with Gasteiger partial charge in [-0.3, -0.25) is 5.10 Å². The quantitative estimate of drug-likeness (QED) is 0.312. The smallest absolute Gasteiger partial charge is 0.237 e. The fourth-order valence-electron chi connectivity index (χ4n) is 3.71. The van der Waals surface area contributed by atoms with E-state index in [0.29, 0.717) is 25.5 Å². The highest BCUT2D eigenvalue weighted by atomic mass is 32.2. The Bertz CT molecular complexity index is 891. The fourth-order valence-corrected chi connectivity index (χ4v) is 4.93. The lowest BCUT2D eigenvalue weighted by atomic mass is 9.97.